The number of hydrogen-bond donors (Lipinski definition) is 1. The molecule has 0 spiro atoms. The Balaban J connectivity index is 1.81. The third kappa shape index (κ3) is 2.18. The van der Waals surface area contributed by atoms with Crippen molar-refractivity contribution in [1.29, 1.82) is 0 Å². The summed E-state index contributed by atoms with van der Waals surface area (Å²) in [6.45, 7) is 1.27. The van der Waals surface area contributed by atoms with Crippen molar-refractivity contribution >= 4 is 11.0 Å². The predicted molar refractivity (Wildman–Crippen MR) is 74.9 cm³/mol. The van der Waals surface area contributed by atoms with Crippen molar-refractivity contribution in [2.24, 2.45) is 0 Å². The first-order chi connectivity index (χ1) is 10.3. The molecule has 0 atom stereocenters. The summed E-state index contributed by atoms with van der Waals surface area (Å²) < 4.78 is 24.2. The van der Waals surface area contributed by atoms with Crippen LogP contribution < -0.4 is 9.47 Å². The van der Waals surface area contributed by atoms with Gasteiger partial charge in [0.15, 0.2) is 17.3 Å². The zero-order valence-electron chi connectivity index (χ0n) is 11.1. The van der Waals surface area contributed by atoms with Gasteiger partial charge in [-0.15, -0.1) is 0 Å². The molecule has 0 bridgehead atoms. The van der Waals surface area contributed by atoms with E-state index in [1.165, 1.54) is 12.3 Å². The van der Waals surface area contributed by atoms with Gasteiger partial charge in [0.1, 0.15) is 11.5 Å². The number of imidazole rings is 1. The van der Waals surface area contributed by atoms with Crippen LogP contribution in [0.2, 0.25) is 0 Å². The Morgan fingerprint density at radius 1 is 1.10 bits per heavy atom. The summed E-state index contributed by atoms with van der Waals surface area (Å²) in [6.07, 6.45) is 2.03. The minimum Gasteiger partial charge on any atom is -0.489 e. The molecule has 0 fully saturated rings. The molecule has 1 N–H and O–H groups in total. The van der Waals surface area contributed by atoms with Gasteiger partial charge in [-0.05, 0) is 12.1 Å². The molecule has 5 nitrogen and oxygen atoms in total. The molecule has 6 heteroatoms. The van der Waals surface area contributed by atoms with E-state index in [4.69, 9.17) is 9.47 Å². The quantitative estimate of drug-likeness (QED) is 0.746. The molecule has 2 aromatic heterocycles. The maximum absolute atomic E-state index is 12.9. The normalized spacial score (nSPS) is 14.1. The summed E-state index contributed by atoms with van der Waals surface area (Å²) in [6, 6.07) is 6.66. The fourth-order valence-electron chi connectivity index (χ4n) is 2.30. The van der Waals surface area contributed by atoms with Crippen molar-refractivity contribution in [2.45, 2.75) is 6.42 Å². The standard InChI is InChI=1S/C15H12FN3O2/c16-9-2-3-10(17-8-9)15-18-11-6-13-14(7-12(11)19-15)21-5-1-4-20-13/h2-3,6-8H,1,4-5H2,(H,18,19). The maximum Gasteiger partial charge on any atom is 0.163 e. The Kier molecular flexibility index (Phi) is 2.73. The first-order valence-electron chi connectivity index (χ1n) is 6.71. The molecule has 0 saturated carbocycles. The van der Waals surface area contributed by atoms with E-state index in [0.717, 1.165) is 17.5 Å². The second kappa shape index (κ2) is 4.73. The molecule has 1 aromatic carbocycles. The largest absolute Gasteiger partial charge is 0.489 e. The van der Waals surface area contributed by atoms with E-state index in [2.05, 4.69) is 15.0 Å². The smallest absolute Gasteiger partial charge is 0.163 e. The number of nitrogens with zero attached hydrogens (tertiary/aromatic N) is 2. The molecule has 0 aliphatic carbocycles. The van der Waals surface area contributed by atoms with E-state index in [-0.39, 0.29) is 5.82 Å². The van der Waals surface area contributed by atoms with Gasteiger partial charge in [-0.1, -0.05) is 0 Å². The highest BCUT2D eigenvalue weighted by Gasteiger charge is 2.14. The van der Waals surface area contributed by atoms with Crippen LogP contribution in [0, 0.1) is 5.82 Å². The van der Waals surface area contributed by atoms with Crippen LogP contribution >= 0.6 is 0 Å². The Hall–Kier alpha value is -2.63. The fraction of sp³-hybridized carbons (Fsp3) is 0.200. The van der Waals surface area contributed by atoms with Crippen LogP contribution in [-0.4, -0.2) is 28.2 Å². The van der Waals surface area contributed by atoms with E-state index in [1.807, 2.05) is 12.1 Å². The molecule has 106 valence electrons. The second-order valence-electron chi connectivity index (χ2n) is 4.81. The van der Waals surface area contributed by atoms with E-state index in [0.29, 0.717) is 36.2 Å². The van der Waals surface area contributed by atoms with Gasteiger partial charge in [-0.25, -0.2) is 14.4 Å². The van der Waals surface area contributed by atoms with Gasteiger partial charge >= 0.3 is 0 Å². The molecular weight excluding hydrogens is 273 g/mol. The van der Waals surface area contributed by atoms with Gasteiger partial charge in [0.25, 0.3) is 0 Å². The SMILES string of the molecule is Fc1ccc(-c2nc3cc4c(cc3[nH]2)OCCCO4)nc1. The Bertz CT molecular complexity index is 756. The van der Waals surface area contributed by atoms with Crippen LogP contribution in [0.4, 0.5) is 4.39 Å². The molecule has 21 heavy (non-hydrogen) atoms. The molecule has 0 unspecified atom stereocenters. The number of H-pyrrole nitrogens is 1. The van der Waals surface area contributed by atoms with Crippen molar-refractivity contribution in [1.82, 2.24) is 15.0 Å². The third-order valence-electron chi connectivity index (χ3n) is 3.32. The molecule has 0 saturated heterocycles. The molecule has 0 radical (unpaired) electrons. The van der Waals surface area contributed by atoms with Crippen molar-refractivity contribution < 1.29 is 13.9 Å². The Labute approximate surface area is 119 Å². The van der Waals surface area contributed by atoms with Crippen LogP contribution in [0.15, 0.2) is 30.5 Å². The van der Waals surface area contributed by atoms with Crippen LogP contribution in [-0.2, 0) is 0 Å². The van der Waals surface area contributed by atoms with Crippen molar-refractivity contribution in [3.05, 3.63) is 36.3 Å². The number of pyridine rings is 1. The average molecular weight is 285 g/mol. The zero-order valence-corrected chi connectivity index (χ0v) is 11.1. The number of benzene rings is 1. The number of halogens is 1. The van der Waals surface area contributed by atoms with E-state index in [9.17, 15) is 4.39 Å². The van der Waals surface area contributed by atoms with E-state index >= 15 is 0 Å². The van der Waals surface area contributed by atoms with Gasteiger partial charge in [-0.2, -0.15) is 0 Å². The highest BCUT2D eigenvalue weighted by Crippen LogP contribution is 2.34. The first kappa shape index (κ1) is 12.1. The molecule has 1 aliphatic rings. The number of aromatic amines is 1. The molecular formula is C15H12FN3O2. The van der Waals surface area contributed by atoms with Gasteiger partial charge < -0.3 is 14.5 Å². The third-order valence-corrected chi connectivity index (χ3v) is 3.32. The molecule has 4 rings (SSSR count). The van der Waals surface area contributed by atoms with Crippen molar-refractivity contribution in [2.75, 3.05) is 13.2 Å². The highest BCUT2D eigenvalue weighted by atomic mass is 19.1. The Morgan fingerprint density at radius 2 is 1.90 bits per heavy atom. The number of fused-ring (bicyclic) bond motifs is 2. The molecule has 1 aliphatic heterocycles. The summed E-state index contributed by atoms with van der Waals surface area (Å²) >= 11 is 0. The maximum atomic E-state index is 12.9. The minimum absolute atomic E-state index is 0.372. The lowest BCUT2D eigenvalue weighted by Gasteiger charge is -2.05. The summed E-state index contributed by atoms with van der Waals surface area (Å²) in [4.78, 5) is 11.7. The van der Waals surface area contributed by atoms with Crippen LogP contribution in [0.5, 0.6) is 11.5 Å². The lowest BCUT2D eigenvalue weighted by Crippen LogP contribution is -1.97. The summed E-state index contributed by atoms with van der Waals surface area (Å²) in [5.74, 6) is 1.63. The summed E-state index contributed by atoms with van der Waals surface area (Å²) in [7, 11) is 0. The van der Waals surface area contributed by atoms with E-state index < -0.39 is 0 Å². The summed E-state index contributed by atoms with van der Waals surface area (Å²) in [5, 5.41) is 0. The Morgan fingerprint density at radius 3 is 2.67 bits per heavy atom. The average Bonchev–Trinajstić information content (AvgIpc) is 2.76. The monoisotopic (exact) mass is 285 g/mol. The number of ether oxygens (including phenoxy) is 2. The molecule has 3 heterocycles. The van der Waals surface area contributed by atoms with Crippen LogP contribution in [0.25, 0.3) is 22.6 Å². The lowest BCUT2D eigenvalue weighted by atomic mass is 10.3. The van der Waals surface area contributed by atoms with Gasteiger partial charge in [0.05, 0.1) is 30.4 Å². The predicted octanol–water partition coefficient (Wildman–Crippen LogP) is 2.93. The second-order valence-corrected chi connectivity index (χ2v) is 4.81. The zero-order chi connectivity index (χ0) is 14.2. The number of rotatable bonds is 1. The van der Waals surface area contributed by atoms with E-state index in [1.54, 1.807) is 6.07 Å². The molecule has 3 aromatic rings. The van der Waals surface area contributed by atoms with Crippen LogP contribution in [0.1, 0.15) is 6.42 Å². The van der Waals surface area contributed by atoms with Crippen molar-refractivity contribution in [3.63, 3.8) is 0 Å². The van der Waals surface area contributed by atoms with Crippen LogP contribution in [0.3, 0.4) is 0 Å². The lowest BCUT2D eigenvalue weighted by molar-refractivity contribution is 0.297. The number of hydrogen-bond acceptors (Lipinski definition) is 4. The summed E-state index contributed by atoms with van der Waals surface area (Å²) in [5.41, 5.74) is 2.19. The molecule has 0 amide bonds. The minimum atomic E-state index is -0.372. The van der Waals surface area contributed by atoms with Gasteiger partial charge in [-0.3, -0.25) is 0 Å². The fourth-order valence-corrected chi connectivity index (χ4v) is 2.30. The van der Waals surface area contributed by atoms with Gasteiger partial charge in [0.2, 0.25) is 0 Å². The highest BCUT2D eigenvalue weighted by molar-refractivity contribution is 5.82. The number of aromatic nitrogens is 3. The number of nitrogens with one attached hydrogen (secondary N) is 1. The van der Waals surface area contributed by atoms with Crippen molar-refractivity contribution in [3.8, 4) is 23.0 Å². The van der Waals surface area contributed by atoms with Gasteiger partial charge in [0, 0.05) is 18.6 Å². The topological polar surface area (TPSA) is 60.0 Å². The first-order valence-corrected chi connectivity index (χ1v) is 6.71.